The molecule has 0 atom stereocenters. The van der Waals surface area contributed by atoms with Gasteiger partial charge in [-0.05, 0) is 32.4 Å². The van der Waals surface area contributed by atoms with Gasteiger partial charge >= 0.3 is 0 Å². The molecule has 100 valence electrons. The third-order valence-electron chi connectivity index (χ3n) is 2.70. The van der Waals surface area contributed by atoms with Crippen LogP contribution in [-0.4, -0.2) is 23.1 Å². The van der Waals surface area contributed by atoms with E-state index in [2.05, 4.69) is 15.3 Å². The molecule has 0 amide bonds. The fourth-order valence-corrected chi connectivity index (χ4v) is 1.69. The Morgan fingerprint density at radius 1 is 1.16 bits per heavy atom. The first-order valence-corrected chi connectivity index (χ1v) is 6.47. The van der Waals surface area contributed by atoms with E-state index in [1.165, 1.54) is 0 Å². The van der Waals surface area contributed by atoms with Crippen molar-refractivity contribution in [2.75, 3.05) is 18.5 Å². The molecular weight excluding hydrogens is 238 g/mol. The van der Waals surface area contributed by atoms with Crippen LogP contribution in [0.15, 0.2) is 36.5 Å². The minimum atomic E-state index is 0.690. The van der Waals surface area contributed by atoms with Gasteiger partial charge < -0.3 is 10.1 Å². The second-order valence-corrected chi connectivity index (χ2v) is 4.39. The van der Waals surface area contributed by atoms with Crippen molar-refractivity contribution in [3.05, 3.63) is 47.9 Å². The molecule has 0 saturated heterocycles. The maximum absolute atomic E-state index is 5.62. The number of aromatic nitrogens is 2. The largest absolute Gasteiger partial charge is 0.494 e. The second kappa shape index (κ2) is 6.73. The van der Waals surface area contributed by atoms with Crippen molar-refractivity contribution in [1.82, 2.24) is 9.97 Å². The molecule has 4 nitrogen and oxygen atoms in total. The third-order valence-corrected chi connectivity index (χ3v) is 2.70. The van der Waals surface area contributed by atoms with Crippen LogP contribution < -0.4 is 10.1 Å². The minimum Gasteiger partial charge on any atom is -0.494 e. The number of nitrogens with zero attached hydrogens (tertiary/aromatic N) is 2. The molecule has 1 aromatic carbocycles. The molecule has 0 radical (unpaired) electrons. The number of anilines is 1. The van der Waals surface area contributed by atoms with E-state index in [4.69, 9.17) is 4.74 Å². The SMILES string of the molecule is Cc1cnc(C)c(NCCCOc2ccccc2)n1. The highest BCUT2D eigenvalue weighted by atomic mass is 16.5. The lowest BCUT2D eigenvalue weighted by atomic mass is 10.3. The number of hydrogen-bond donors (Lipinski definition) is 1. The Morgan fingerprint density at radius 2 is 1.95 bits per heavy atom. The average molecular weight is 257 g/mol. The predicted octanol–water partition coefficient (Wildman–Crippen LogP) is 2.97. The predicted molar refractivity (Wildman–Crippen MR) is 76.5 cm³/mol. The van der Waals surface area contributed by atoms with E-state index < -0.39 is 0 Å². The summed E-state index contributed by atoms with van der Waals surface area (Å²) in [4.78, 5) is 8.68. The van der Waals surface area contributed by atoms with Crippen molar-refractivity contribution >= 4 is 5.82 Å². The first-order valence-electron chi connectivity index (χ1n) is 6.47. The molecule has 0 unspecified atom stereocenters. The van der Waals surface area contributed by atoms with Gasteiger partial charge in [-0.3, -0.25) is 4.98 Å². The van der Waals surface area contributed by atoms with Crippen LogP contribution >= 0.6 is 0 Å². The van der Waals surface area contributed by atoms with Crippen LogP contribution in [0, 0.1) is 13.8 Å². The molecular formula is C15H19N3O. The highest BCUT2D eigenvalue weighted by Gasteiger charge is 2.00. The zero-order valence-electron chi connectivity index (χ0n) is 11.4. The van der Waals surface area contributed by atoms with E-state index in [1.54, 1.807) is 6.20 Å². The van der Waals surface area contributed by atoms with Crippen molar-refractivity contribution in [3.63, 3.8) is 0 Å². The number of nitrogens with one attached hydrogen (secondary N) is 1. The molecule has 0 fully saturated rings. The number of ether oxygens (including phenoxy) is 1. The molecule has 2 rings (SSSR count). The number of rotatable bonds is 6. The summed E-state index contributed by atoms with van der Waals surface area (Å²) in [6.45, 7) is 5.41. The Hall–Kier alpha value is -2.10. The van der Waals surface area contributed by atoms with Gasteiger partial charge in [-0.2, -0.15) is 0 Å². The Labute approximate surface area is 113 Å². The van der Waals surface area contributed by atoms with Crippen LogP contribution in [0.3, 0.4) is 0 Å². The molecule has 4 heteroatoms. The van der Waals surface area contributed by atoms with Crippen molar-refractivity contribution < 1.29 is 4.74 Å². The maximum Gasteiger partial charge on any atom is 0.147 e. The Bertz CT molecular complexity index is 514. The van der Waals surface area contributed by atoms with E-state index in [0.29, 0.717) is 6.61 Å². The summed E-state index contributed by atoms with van der Waals surface area (Å²) < 4.78 is 5.62. The van der Waals surface area contributed by atoms with Crippen molar-refractivity contribution in [2.24, 2.45) is 0 Å². The number of para-hydroxylation sites is 1. The third kappa shape index (κ3) is 4.25. The lowest BCUT2D eigenvalue weighted by molar-refractivity contribution is 0.315. The fourth-order valence-electron chi connectivity index (χ4n) is 1.69. The van der Waals surface area contributed by atoms with Crippen LogP contribution in [0.4, 0.5) is 5.82 Å². The summed E-state index contributed by atoms with van der Waals surface area (Å²) in [6.07, 6.45) is 2.70. The average Bonchev–Trinajstić information content (AvgIpc) is 2.43. The molecule has 0 spiro atoms. The first kappa shape index (κ1) is 13.3. The Morgan fingerprint density at radius 3 is 2.74 bits per heavy atom. The summed E-state index contributed by atoms with van der Waals surface area (Å²) in [7, 11) is 0. The Kier molecular flexibility index (Phi) is 4.72. The van der Waals surface area contributed by atoms with Crippen molar-refractivity contribution in [2.45, 2.75) is 20.3 Å². The fraction of sp³-hybridized carbons (Fsp3) is 0.333. The van der Waals surface area contributed by atoms with Crippen LogP contribution in [-0.2, 0) is 0 Å². The summed E-state index contributed by atoms with van der Waals surface area (Å²) in [6, 6.07) is 9.85. The van der Waals surface area contributed by atoms with E-state index in [0.717, 1.165) is 35.9 Å². The quantitative estimate of drug-likeness (QED) is 0.808. The van der Waals surface area contributed by atoms with Gasteiger partial charge in [0.2, 0.25) is 0 Å². The summed E-state index contributed by atoms with van der Waals surface area (Å²) in [5.74, 6) is 1.77. The summed E-state index contributed by atoms with van der Waals surface area (Å²) in [5, 5.41) is 3.29. The molecule has 1 aromatic heterocycles. The normalized spacial score (nSPS) is 10.2. The zero-order chi connectivity index (χ0) is 13.5. The summed E-state index contributed by atoms with van der Waals surface area (Å²) >= 11 is 0. The molecule has 19 heavy (non-hydrogen) atoms. The highest BCUT2D eigenvalue weighted by Crippen LogP contribution is 2.10. The minimum absolute atomic E-state index is 0.690. The van der Waals surface area contributed by atoms with Gasteiger partial charge in [0.05, 0.1) is 18.0 Å². The molecule has 0 aliphatic heterocycles. The molecule has 2 aromatic rings. The van der Waals surface area contributed by atoms with Gasteiger partial charge in [-0.25, -0.2) is 4.98 Å². The van der Waals surface area contributed by atoms with Gasteiger partial charge in [0.25, 0.3) is 0 Å². The van der Waals surface area contributed by atoms with E-state index in [-0.39, 0.29) is 0 Å². The van der Waals surface area contributed by atoms with Crippen LogP contribution in [0.5, 0.6) is 5.75 Å². The summed E-state index contributed by atoms with van der Waals surface area (Å²) in [5.41, 5.74) is 1.85. The zero-order valence-corrected chi connectivity index (χ0v) is 11.4. The molecule has 0 aliphatic carbocycles. The van der Waals surface area contributed by atoms with E-state index in [9.17, 15) is 0 Å². The highest BCUT2D eigenvalue weighted by molar-refractivity contribution is 5.39. The molecule has 0 aliphatic rings. The lowest BCUT2D eigenvalue weighted by Gasteiger charge is -2.09. The van der Waals surface area contributed by atoms with Gasteiger partial charge in [0, 0.05) is 12.7 Å². The van der Waals surface area contributed by atoms with E-state index in [1.807, 2.05) is 44.2 Å². The van der Waals surface area contributed by atoms with Crippen molar-refractivity contribution in [3.8, 4) is 5.75 Å². The number of benzene rings is 1. The van der Waals surface area contributed by atoms with Crippen LogP contribution in [0.2, 0.25) is 0 Å². The van der Waals surface area contributed by atoms with E-state index >= 15 is 0 Å². The monoisotopic (exact) mass is 257 g/mol. The first-order chi connectivity index (χ1) is 9.25. The maximum atomic E-state index is 5.62. The van der Waals surface area contributed by atoms with Gasteiger partial charge in [0.1, 0.15) is 11.6 Å². The van der Waals surface area contributed by atoms with Gasteiger partial charge in [-0.1, -0.05) is 18.2 Å². The van der Waals surface area contributed by atoms with Gasteiger partial charge in [0.15, 0.2) is 0 Å². The van der Waals surface area contributed by atoms with Crippen molar-refractivity contribution in [1.29, 1.82) is 0 Å². The standard InChI is InChI=1S/C15H19N3O/c1-12-11-17-13(2)15(18-12)16-9-6-10-19-14-7-4-3-5-8-14/h3-5,7-8,11H,6,9-10H2,1-2H3,(H,16,18). The van der Waals surface area contributed by atoms with Crippen LogP contribution in [0.25, 0.3) is 0 Å². The second-order valence-electron chi connectivity index (χ2n) is 4.39. The smallest absolute Gasteiger partial charge is 0.147 e. The van der Waals surface area contributed by atoms with Crippen LogP contribution in [0.1, 0.15) is 17.8 Å². The molecule has 1 N–H and O–H groups in total. The number of aryl methyl sites for hydroxylation is 2. The molecule has 0 saturated carbocycles. The topological polar surface area (TPSA) is 47.0 Å². The Balaban J connectivity index is 1.71. The number of hydrogen-bond acceptors (Lipinski definition) is 4. The molecule has 0 bridgehead atoms. The lowest BCUT2D eigenvalue weighted by Crippen LogP contribution is -2.10. The molecule has 1 heterocycles. The van der Waals surface area contributed by atoms with Gasteiger partial charge in [-0.15, -0.1) is 0 Å².